The molecule has 0 spiro atoms. The van der Waals surface area contributed by atoms with Crippen LogP contribution in [0, 0.1) is 0 Å². The summed E-state index contributed by atoms with van der Waals surface area (Å²) in [5.41, 5.74) is 3.36. The maximum absolute atomic E-state index is 12.1. The van der Waals surface area contributed by atoms with Crippen molar-refractivity contribution in [1.29, 1.82) is 0 Å². The van der Waals surface area contributed by atoms with Crippen molar-refractivity contribution < 1.29 is 14.3 Å². The molecule has 124 valence electrons. The highest BCUT2D eigenvalue weighted by atomic mass is 79.9. The van der Waals surface area contributed by atoms with Crippen LogP contribution in [0.25, 0.3) is 0 Å². The minimum absolute atomic E-state index is 0.156. The number of halogens is 1. The van der Waals surface area contributed by atoms with Crippen LogP contribution in [0.15, 0.2) is 56.9 Å². The van der Waals surface area contributed by atoms with Gasteiger partial charge in [-0.15, -0.1) is 11.8 Å². The zero-order chi connectivity index (χ0) is 16.9. The zero-order valence-corrected chi connectivity index (χ0v) is 15.3. The number of nitrogens with one attached hydrogen (secondary N) is 1. The van der Waals surface area contributed by atoms with Crippen molar-refractivity contribution in [2.75, 3.05) is 6.79 Å². The van der Waals surface area contributed by atoms with Crippen LogP contribution >= 0.6 is 27.7 Å². The quantitative estimate of drug-likeness (QED) is 0.465. The normalized spacial score (nSPS) is 13.9. The second-order valence-corrected chi connectivity index (χ2v) is 7.30. The van der Waals surface area contributed by atoms with Crippen LogP contribution in [0.5, 0.6) is 11.5 Å². The van der Waals surface area contributed by atoms with Crippen LogP contribution in [-0.2, 0) is 4.79 Å². The Labute approximate surface area is 152 Å². The van der Waals surface area contributed by atoms with Crippen LogP contribution in [0.3, 0.4) is 0 Å². The Bertz CT molecular complexity index is 768. The Morgan fingerprint density at radius 3 is 2.75 bits per heavy atom. The number of hydrazone groups is 1. The molecule has 1 amide bonds. The lowest BCUT2D eigenvalue weighted by molar-refractivity contribution is -0.120. The topological polar surface area (TPSA) is 59.9 Å². The van der Waals surface area contributed by atoms with Gasteiger partial charge < -0.3 is 9.47 Å². The van der Waals surface area contributed by atoms with Crippen molar-refractivity contribution in [3.05, 3.63) is 52.5 Å². The van der Waals surface area contributed by atoms with Gasteiger partial charge in [-0.2, -0.15) is 5.10 Å². The average Bonchev–Trinajstić information content (AvgIpc) is 3.02. The minimum Gasteiger partial charge on any atom is -0.454 e. The van der Waals surface area contributed by atoms with Crippen molar-refractivity contribution in [1.82, 2.24) is 5.43 Å². The average molecular weight is 407 g/mol. The number of amides is 1. The summed E-state index contributed by atoms with van der Waals surface area (Å²) in [6, 6.07) is 13.4. The molecule has 0 aromatic heterocycles. The summed E-state index contributed by atoms with van der Waals surface area (Å²) in [6.07, 6.45) is 1.57. The van der Waals surface area contributed by atoms with E-state index in [0.717, 1.165) is 14.9 Å². The van der Waals surface area contributed by atoms with Gasteiger partial charge in [-0.05, 0) is 47.1 Å². The molecule has 1 atom stereocenters. The molecule has 3 rings (SSSR count). The first-order chi connectivity index (χ1) is 11.6. The van der Waals surface area contributed by atoms with Crippen LogP contribution in [0.1, 0.15) is 12.5 Å². The van der Waals surface area contributed by atoms with Crippen molar-refractivity contribution in [3.63, 3.8) is 0 Å². The second-order valence-electron chi connectivity index (χ2n) is 5.03. The molecule has 7 heteroatoms. The summed E-state index contributed by atoms with van der Waals surface area (Å²) in [6.45, 7) is 2.06. The molecule has 0 saturated carbocycles. The smallest absolute Gasteiger partial charge is 0.253 e. The molecule has 0 bridgehead atoms. The predicted octanol–water partition coefficient (Wildman–Crippen LogP) is 3.81. The number of fused-ring (bicyclic) bond motifs is 1. The van der Waals surface area contributed by atoms with Gasteiger partial charge in [0.05, 0.1) is 11.5 Å². The number of carbonyl (C=O) groups excluding carboxylic acids is 1. The van der Waals surface area contributed by atoms with E-state index in [1.165, 1.54) is 11.8 Å². The molecular weight excluding hydrogens is 392 g/mol. The van der Waals surface area contributed by atoms with Crippen molar-refractivity contribution >= 4 is 39.8 Å². The number of ether oxygens (including phenoxy) is 2. The fourth-order valence-corrected chi connectivity index (χ4v) is 3.35. The molecule has 1 N–H and O–H groups in total. The maximum atomic E-state index is 12.1. The van der Waals surface area contributed by atoms with Crippen molar-refractivity contribution in [2.24, 2.45) is 5.10 Å². The molecule has 0 radical (unpaired) electrons. The van der Waals surface area contributed by atoms with Crippen LogP contribution in [0.2, 0.25) is 0 Å². The molecule has 1 aliphatic rings. The molecule has 0 fully saturated rings. The molecule has 24 heavy (non-hydrogen) atoms. The van der Waals surface area contributed by atoms with E-state index in [2.05, 4.69) is 26.5 Å². The Kier molecular flexibility index (Phi) is 5.42. The van der Waals surface area contributed by atoms with Crippen LogP contribution < -0.4 is 14.9 Å². The first-order valence-corrected chi connectivity index (χ1v) is 8.94. The summed E-state index contributed by atoms with van der Waals surface area (Å²) >= 11 is 4.93. The van der Waals surface area contributed by atoms with E-state index in [9.17, 15) is 4.79 Å². The lowest BCUT2D eigenvalue weighted by Gasteiger charge is -2.09. The third-order valence-corrected chi connectivity index (χ3v) is 5.09. The highest BCUT2D eigenvalue weighted by Gasteiger charge is 2.16. The zero-order valence-electron chi connectivity index (χ0n) is 12.9. The number of hydrogen-bond donors (Lipinski definition) is 1. The molecule has 0 saturated heterocycles. The number of benzene rings is 2. The highest BCUT2D eigenvalue weighted by molar-refractivity contribution is 9.10. The van der Waals surface area contributed by atoms with Gasteiger partial charge in [-0.3, -0.25) is 4.79 Å². The van der Waals surface area contributed by atoms with E-state index in [1.807, 2.05) is 49.4 Å². The second kappa shape index (κ2) is 7.72. The Hall–Kier alpha value is -1.99. The lowest BCUT2D eigenvalue weighted by Crippen LogP contribution is -2.26. The lowest BCUT2D eigenvalue weighted by atomic mass is 10.2. The Morgan fingerprint density at radius 1 is 1.29 bits per heavy atom. The van der Waals surface area contributed by atoms with E-state index in [0.29, 0.717) is 11.5 Å². The SMILES string of the molecule is C[C@H](Sc1ccccc1)C(=O)NN=Cc1cc2c(cc1Br)OCO2. The molecule has 5 nitrogen and oxygen atoms in total. The van der Waals surface area contributed by atoms with Gasteiger partial charge in [0, 0.05) is 14.9 Å². The largest absolute Gasteiger partial charge is 0.454 e. The van der Waals surface area contributed by atoms with Crippen LogP contribution in [0.4, 0.5) is 0 Å². The summed E-state index contributed by atoms with van der Waals surface area (Å²) in [5.74, 6) is 1.20. The van der Waals surface area contributed by atoms with Gasteiger partial charge in [-0.25, -0.2) is 5.43 Å². The molecular formula is C17H15BrN2O3S. The number of carbonyl (C=O) groups is 1. The molecule has 2 aromatic rings. The van der Waals surface area contributed by atoms with Gasteiger partial charge in [0.2, 0.25) is 6.79 Å². The van der Waals surface area contributed by atoms with Gasteiger partial charge >= 0.3 is 0 Å². The number of thioether (sulfide) groups is 1. The maximum Gasteiger partial charge on any atom is 0.253 e. The first-order valence-electron chi connectivity index (χ1n) is 7.27. The molecule has 2 aromatic carbocycles. The molecule has 1 aliphatic heterocycles. The molecule has 1 heterocycles. The third kappa shape index (κ3) is 4.10. The Morgan fingerprint density at radius 2 is 2.00 bits per heavy atom. The van der Waals surface area contributed by atoms with E-state index in [4.69, 9.17) is 9.47 Å². The van der Waals surface area contributed by atoms with Crippen molar-refractivity contribution in [2.45, 2.75) is 17.1 Å². The van der Waals surface area contributed by atoms with Gasteiger partial charge in [0.25, 0.3) is 5.91 Å². The highest BCUT2D eigenvalue weighted by Crippen LogP contribution is 2.36. The number of hydrogen-bond acceptors (Lipinski definition) is 5. The fraction of sp³-hybridized carbons (Fsp3) is 0.176. The fourth-order valence-electron chi connectivity index (χ4n) is 2.04. The van der Waals surface area contributed by atoms with E-state index >= 15 is 0 Å². The van der Waals surface area contributed by atoms with E-state index in [-0.39, 0.29) is 18.0 Å². The number of nitrogens with zero attached hydrogens (tertiary/aromatic N) is 1. The monoisotopic (exact) mass is 406 g/mol. The van der Waals surface area contributed by atoms with Gasteiger partial charge in [0.1, 0.15) is 0 Å². The molecule has 0 aliphatic carbocycles. The van der Waals surface area contributed by atoms with Crippen LogP contribution in [-0.4, -0.2) is 24.2 Å². The summed E-state index contributed by atoms with van der Waals surface area (Å²) < 4.78 is 11.4. The predicted molar refractivity (Wildman–Crippen MR) is 97.8 cm³/mol. The first kappa shape index (κ1) is 16.9. The van der Waals surface area contributed by atoms with E-state index in [1.54, 1.807) is 6.21 Å². The van der Waals surface area contributed by atoms with Gasteiger partial charge in [0.15, 0.2) is 11.5 Å². The van der Waals surface area contributed by atoms with Crippen molar-refractivity contribution in [3.8, 4) is 11.5 Å². The summed E-state index contributed by atoms with van der Waals surface area (Å²) in [4.78, 5) is 13.2. The molecule has 0 unspecified atom stereocenters. The summed E-state index contributed by atoms with van der Waals surface area (Å²) in [7, 11) is 0. The minimum atomic E-state index is -0.246. The van der Waals surface area contributed by atoms with Gasteiger partial charge in [-0.1, -0.05) is 18.2 Å². The van der Waals surface area contributed by atoms with E-state index < -0.39 is 0 Å². The number of rotatable bonds is 5. The summed E-state index contributed by atoms with van der Waals surface area (Å²) in [5, 5.41) is 3.78. The standard InChI is InChI=1S/C17H15BrN2O3S/c1-11(24-13-5-3-2-4-6-13)17(21)20-19-9-12-7-15-16(8-14(12)18)23-10-22-15/h2-9,11H,10H2,1H3,(H,20,21)/t11-/m0/s1. The Balaban J connectivity index is 1.59. The third-order valence-electron chi connectivity index (χ3n) is 3.30.